The molecule has 0 radical (unpaired) electrons. The molecule has 10 aromatic carbocycles. The fraction of sp³-hybridized carbons (Fsp3) is 0.0169. The minimum Gasteiger partial charge on any atom is -0.453 e. The molecule has 3 aliphatic rings. The van der Waals surface area contributed by atoms with E-state index in [2.05, 4.69) is 228 Å². The first-order chi connectivity index (χ1) is 30.8. The molecule has 0 saturated heterocycles. The quantitative estimate of drug-likeness (QED) is 0.177. The van der Waals surface area contributed by atoms with Gasteiger partial charge in [0.25, 0.3) is 0 Å². The highest BCUT2D eigenvalue weighted by molar-refractivity contribution is 6.13. The van der Waals surface area contributed by atoms with Gasteiger partial charge in [0.15, 0.2) is 11.5 Å². The summed E-state index contributed by atoms with van der Waals surface area (Å²) in [4.78, 5) is 2.43. The number of ether oxygens (including phenoxy) is 1. The van der Waals surface area contributed by atoms with Crippen molar-refractivity contribution < 1.29 is 4.74 Å². The number of hydrogen-bond donors (Lipinski definition) is 0. The van der Waals surface area contributed by atoms with Crippen LogP contribution in [0.25, 0.3) is 71.6 Å². The van der Waals surface area contributed by atoms with Crippen molar-refractivity contribution in [1.29, 1.82) is 0 Å². The maximum absolute atomic E-state index is 6.67. The lowest BCUT2D eigenvalue weighted by Crippen LogP contribution is -2.26. The first-order valence-electron chi connectivity index (χ1n) is 21.4. The van der Waals surface area contributed by atoms with Gasteiger partial charge in [0.2, 0.25) is 0 Å². The van der Waals surface area contributed by atoms with Gasteiger partial charge in [-0.2, -0.15) is 0 Å². The van der Waals surface area contributed by atoms with Crippen LogP contribution in [-0.4, -0.2) is 4.57 Å². The molecule has 0 amide bonds. The average molecular weight is 789 g/mol. The molecule has 2 aliphatic carbocycles. The van der Waals surface area contributed by atoms with Crippen molar-refractivity contribution in [2.45, 2.75) is 5.41 Å². The fourth-order valence-corrected chi connectivity index (χ4v) is 11.3. The lowest BCUT2D eigenvalue weighted by molar-refractivity contribution is 0.477. The lowest BCUT2D eigenvalue weighted by Gasteiger charge is -2.32. The zero-order chi connectivity index (χ0) is 40.5. The van der Waals surface area contributed by atoms with Gasteiger partial charge in [-0.15, -0.1) is 0 Å². The van der Waals surface area contributed by atoms with Gasteiger partial charge >= 0.3 is 0 Å². The number of aromatic nitrogens is 1. The number of rotatable bonds is 4. The van der Waals surface area contributed by atoms with E-state index in [-0.39, 0.29) is 0 Å². The van der Waals surface area contributed by atoms with Crippen LogP contribution >= 0.6 is 0 Å². The van der Waals surface area contributed by atoms with Crippen LogP contribution in [0, 0.1) is 0 Å². The summed E-state index contributed by atoms with van der Waals surface area (Å²) in [6, 6.07) is 80.3. The normalized spacial score (nSPS) is 13.4. The Morgan fingerprint density at radius 1 is 0.371 bits per heavy atom. The van der Waals surface area contributed by atoms with E-state index >= 15 is 0 Å². The van der Waals surface area contributed by atoms with Crippen LogP contribution in [-0.2, 0) is 5.41 Å². The van der Waals surface area contributed by atoms with E-state index in [1.54, 1.807) is 0 Å². The summed E-state index contributed by atoms with van der Waals surface area (Å²) in [7, 11) is 0. The molecular weight excluding hydrogens is 753 g/mol. The number of hydrogen-bond acceptors (Lipinski definition) is 2. The van der Waals surface area contributed by atoms with Gasteiger partial charge in [0.05, 0.1) is 22.1 Å². The van der Waals surface area contributed by atoms with Crippen molar-refractivity contribution in [2.24, 2.45) is 0 Å². The molecule has 3 heteroatoms. The van der Waals surface area contributed by atoms with Gasteiger partial charge in [0.1, 0.15) is 0 Å². The predicted octanol–water partition coefficient (Wildman–Crippen LogP) is 15.5. The number of para-hydroxylation sites is 3. The Morgan fingerprint density at radius 2 is 0.919 bits per heavy atom. The molecule has 3 nitrogen and oxygen atoms in total. The van der Waals surface area contributed by atoms with Crippen LogP contribution in [0.3, 0.4) is 0 Å². The summed E-state index contributed by atoms with van der Waals surface area (Å²) < 4.78 is 9.07. The van der Waals surface area contributed by atoms with Crippen molar-refractivity contribution >= 4 is 49.6 Å². The SMILES string of the molecule is c1ccc2c(c1)-c1ccccc1C21c2ccccc2-c2ccc(N(c3ccc(-c4cccc5c4-n4c6ccccc6c6cccc(c64)O5)cc3)c3ccc4ccccc4c3)cc21. The average Bonchev–Trinajstić information content (AvgIpc) is 3.94. The van der Waals surface area contributed by atoms with Crippen molar-refractivity contribution in [1.82, 2.24) is 4.57 Å². The van der Waals surface area contributed by atoms with Gasteiger partial charge in [-0.3, -0.25) is 0 Å². The van der Waals surface area contributed by atoms with Crippen molar-refractivity contribution in [3.8, 4) is 50.6 Å². The maximum atomic E-state index is 6.67. The second-order valence-corrected chi connectivity index (χ2v) is 16.8. The third-order valence-corrected chi connectivity index (χ3v) is 13.8. The Hall–Kier alpha value is -8.14. The molecule has 0 saturated carbocycles. The van der Waals surface area contributed by atoms with E-state index in [1.165, 1.54) is 71.6 Å². The van der Waals surface area contributed by atoms with E-state index in [1.807, 2.05) is 0 Å². The highest BCUT2D eigenvalue weighted by Crippen LogP contribution is 2.63. The Kier molecular flexibility index (Phi) is 6.76. The van der Waals surface area contributed by atoms with Crippen molar-refractivity contribution in [2.75, 3.05) is 4.90 Å². The molecular formula is C59H36N2O. The molecule has 0 unspecified atom stereocenters. The van der Waals surface area contributed by atoms with Crippen LogP contribution in [0.15, 0.2) is 218 Å². The first-order valence-corrected chi connectivity index (χ1v) is 21.4. The van der Waals surface area contributed by atoms with E-state index < -0.39 is 5.41 Å². The van der Waals surface area contributed by atoms with Gasteiger partial charge in [0, 0.05) is 33.4 Å². The smallest absolute Gasteiger partial charge is 0.152 e. The molecule has 1 spiro atoms. The molecule has 11 aromatic rings. The van der Waals surface area contributed by atoms with Crippen molar-refractivity contribution in [3.05, 3.63) is 241 Å². The number of fused-ring (bicyclic) bond motifs is 16. The largest absolute Gasteiger partial charge is 0.453 e. The summed E-state index contributed by atoms with van der Waals surface area (Å²) >= 11 is 0. The minimum atomic E-state index is -0.435. The third-order valence-electron chi connectivity index (χ3n) is 13.8. The van der Waals surface area contributed by atoms with Crippen LogP contribution in [0.4, 0.5) is 17.1 Å². The van der Waals surface area contributed by atoms with Gasteiger partial charge in [-0.1, -0.05) is 164 Å². The van der Waals surface area contributed by atoms with E-state index in [9.17, 15) is 0 Å². The Bertz CT molecular complexity index is 3620. The lowest BCUT2D eigenvalue weighted by atomic mass is 9.70. The maximum Gasteiger partial charge on any atom is 0.152 e. The second-order valence-electron chi connectivity index (χ2n) is 16.8. The molecule has 62 heavy (non-hydrogen) atoms. The summed E-state index contributed by atoms with van der Waals surface area (Å²) in [5.41, 5.74) is 19.0. The molecule has 0 fully saturated rings. The summed E-state index contributed by atoms with van der Waals surface area (Å²) in [5, 5.41) is 4.85. The summed E-state index contributed by atoms with van der Waals surface area (Å²) in [6.45, 7) is 0. The van der Waals surface area contributed by atoms with E-state index in [0.29, 0.717) is 0 Å². The van der Waals surface area contributed by atoms with Crippen LogP contribution in [0.1, 0.15) is 22.3 Å². The molecule has 14 rings (SSSR count). The molecule has 1 aliphatic heterocycles. The van der Waals surface area contributed by atoms with Crippen LogP contribution in [0.5, 0.6) is 11.5 Å². The van der Waals surface area contributed by atoms with Crippen LogP contribution in [0.2, 0.25) is 0 Å². The molecule has 1 aromatic heterocycles. The number of anilines is 3. The Labute approximate surface area is 359 Å². The first kappa shape index (κ1) is 33.7. The topological polar surface area (TPSA) is 17.4 Å². The number of nitrogens with zero attached hydrogens (tertiary/aromatic N) is 2. The van der Waals surface area contributed by atoms with E-state index in [0.717, 1.165) is 50.9 Å². The summed E-state index contributed by atoms with van der Waals surface area (Å²) in [5.74, 6) is 1.74. The third kappa shape index (κ3) is 4.39. The molecule has 0 atom stereocenters. The molecule has 288 valence electrons. The summed E-state index contributed by atoms with van der Waals surface area (Å²) in [6.07, 6.45) is 0. The van der Waals surface area contributed by atoms with Crippen molar-refractivity contribution in [3.63, 3.8) is 0 Å². The monoisotopic (exact) mass is 788 g/mol. The Balaban J connectivity index is 0.968. The Morgan fingerprint density at radius 3 is 1.68 bits per heavy atom. The zero-order valence-electron chi connectivity index (χ0n) is 33.6. The molecule has 0 N–H and O–H groups in total. The standard InChI is InChI=1S/C59H36N2O/c1-2-14-39-35-41(32-27-37(39)13-1)60(42-33-34-47-46-17-5-9-23-52(46)59(53(47)36-42)50-21-7-3-15-44(50)45-16-4-8-22-51(45)59)40-30-28-38(29-31-40)43-19-11-25-55-57(43)61-54-24-10-6-18-48(54)49-20-12-26-56(62-55)58(49)61/h1-36H. The molecule has 2 heterocycles. The predicted molar refractivity (Wildman–Crippen MR) is 255 cm³/mol. The zero-order valence-corrected chi connectivity index (χ0v) is 33.6. The van der Waals surface area contributed by atoms with Gasteiger partial charge in [-0.25, -0.2) is 0 Å². The van der Waals surface area contributed by atoms with Crippen LogP contribution < -0.4 is 9.64 Å². The fourth-order valence-electron chi connectivity index (χ4n) is 11.3. The highest BCUT2D eigenvalue weighted by atomic mass is 16.5. The van der Waals surface area contributed by atoms with Gasteiger partial charge in [-0.05, 0) is 115 Å². The van der Waals surface area contributed by atoms with E-state index in [4.69, 9.17) is 4.74 Å². The highest BCUT2D eigenvalue weighted by Gasteiger charge is 2.51. The molecule has 0 bridgehead atoms. The minimum absolute atomic E-state index is 0.435. The van der Waals surface area contributed by atoms with Gasteiger partial charge < -0.3 is 14.2 Å². The number of benzene rings is 10. The second kappa shape index (κ2) is 12.4.